The Balaban J connectivity index is 2.09. The number of hydrogen-bond acceptors (Lipinski definition) is 2. The fourth-order valence-electron chi connectivity index (χ4n) is 2.58. The van der Waals surface area contributed by atoms with Gasteiger partial charge < -0.3 is 4.74 Å². The first-order chi connectivity index (χ1) is 8.88. The molecule has 2 nitrogen and oxygen atoms in total. The lowest BCUT2D eigenvalue weighted by molar-refractivity contribution is -0.129. The van der Waals surface area contributed by atoms with E-state index < -0.39 is 11.6 Å². The summed E-state index contributed by atoms with van der Waals surface area (Å²) in [5.41, 5.74) is 0.326. The zero-order chi connectivity index (χ0) is 14.0. The Morgan fingerprint density at radius 1 is 1.32 bits per heavy atom. The van der Waals surface area contributed by atoms with Crippen LogP contribution in [0.25, 0.3) is 0 Å². The van der Waals surface area contributed by atoms with Crippen LogP contribution in [0.4, 0.5) is 8.78 Å². The van der Waals surface area contributed by atoms with Crippen molar-refractivity contribution in [3.8, 4) is 0 Å². The third kappa shape index (κ3) is 4.13. The lowest BCUT2D eigenvalue weighted by Crippen LogP contribution is -2.52. The summed E-state index contributed by atoms with van der Waals surface area (Å²) in [7, 11) is 0. The van der Waals surface area contributed by atoms with Crippen molar-refractivity contribution in [3.63, 3.8) is 0 Å². The molecule has 1 aromatic carbocycles. The molecule has 1 fully saturated rings. The van der Waals surface area contributed by atoms with Crippen LogP contribution in [0.3, 0.4) is 0 Å². The maximum absolute atomic E-state index is 13.2. The molecule has 0 aromatic heterocycles. The summed E-state index contributed by atoms with van der Waals surface area (Å²) in [6.45, 7) is 5.86. The molecule has 5 heteroatoms. The first kappa shape index (κ1) is 14.7. The lowest BCUT2D eigenvalue weighted by atomic mass is 10.0. The van der Waals surface area contributed by atoms with Gasteiger partial charge in [0.1, 0.15) is 11.6 Å². The third-order valence-corrected chi connectivity index (χ3v) is 3.40. The van der Waals surface area contributed by atoms with Gasteiger partial charge in [-0.1, -0.05) is 0 Å². The molecule has 1 atom stereocenters. The average molecular weight is 290 g/mol. The Morgan fingerprint density at radius 3 is 2.53 bits per heavy atom. The number of halogens is 3. The smallest absolute Gasteiger partial charge is 0.126 e. The summed E-state index contributed by atoms with van der Waals surface area (Å²) < 4.78 is 32.2. The Kier molecular flexibility index (Phi) is 4.43. The van der Waals surface area contributed by atoms with E-state index in [1.54, 1.807) is 0 Å². The first-order valence-corrected chi connectivity index (χ1v) is 6.82. The van der Waals surface area contributed by atoms with Gasteiger partial charge in [0.2, 0.25) is 0 Å². The Morgan fingerprint density at radius 2 is 1.95 bits per heavy atom. The van der Waals surface area contributed by atoms with E-state index in [4.69, 9.17) is 16.3 Å². The van der Waals surface area contributed by atoms with Crippen LogP contribution in [0.15, 0.2) is 18.2 Å². The van der Waals surface area contributed by atoms with Crippen LogP contribution in [0.5, 0.6) is 0 Å². The van der Waals surface area contributed by atoms with E-state index in [1.807, 2.05) is 13.8 Å². The molecule has 1 aliphatic rings. The molecule has 1 saturated heterocycles. The quantitative estimate of drug-likeness (QED) is 0.793. The van der Waals surface area contributed by atoms with Crippen LogP contribution in [0.1, 0.15) is 19.4 Å². The van der Waals surface area contributed by atoms with E-state index in [0.29, 0.717) is 31.1 Å². The van der Waals surface area contributed by atoms with Crippen molar-refractivity contribution in [3.05, 3.63) is 35.4 Å². The van der Waals surface area contributed by atoms with Crippen molar-refractivity contribution < 1.29 is 13.5 Å². The van der Waals surface area contributed by atoms with Crippen LogP contribution in [-0.4, -0.2) is 35.6 Å². The largest absolute Gasteiger partial charge is 0.368 e. The molecule has 0 spiro atoms. The summed E-state index contributed by atoms with van der Waals surface area (Å²) in [5.74, 6) is -0.676. The van der Waals surface area contributed by atoms with Gasteiger partial charge in [-0.05, 0) is 31.5 Å². The van der Waals surface area contributed by atoms with Crippen LogP contribution in [-0.2, 0) is 11.3 Å². The molecule has 0 aliphatic carbocycles. The summed E-state index contributed by atoms with van der Waals surface area (Å²) in [5, 5.41) is 0. The summed E-state index contributed by atoms with van der Waals surface area (Å²) in [6.07, 6.45) is -0.0520. The van der Waals surface area contributed by atoms with Gasteiger partial charge in [-0.15, -0.1) is 11.6 Å². The highest BCUT2D eigenvalue weighted by Gasteiger charge is 2.32. The highest BCUT2D eigenvalue weighted by atomic mass is 35.5. The van der Waals surface area contributed by atoms with Crippen molar-refractivity contribution in [2.24, 2.45) is 0 Å². The molecule has 0 radical (unpaired) electrons. The molecule has 1 unspecified atom stereocenters. The Labute approximate surface area is 117 Å². The molecule has 0 saturated carbocycles. The maximum Gasteiger partial charge on any atom is 0.126 e. The molecule has 2 rings (SSSR count). The normalized spacial score (nSPS) is 23.5. The number of alkyl halides is 1. The van der Waals surface area contributed by atoms with Gasteiger partial charge in [-0.2, -0.15) is 0 Å². The van der Waals surface area contributed by atoms with Crippen molar-refractivity contribution in [1.29, 1.82) is 0 Å². The summed E-state index contributed by atoms with van der Waals surface area (Å²) >= 11 is 5.85. The Hall–Kier alpha value is -0.710. The first-order valence-electron chi connectivity index (χ1n) is 6.29. The van der Waals surface area contributed by atoms with Crippen molar-refractivity contribution >= 4 is 11.6 Å². The van der Waals surface area contributed by atoms with Gasteiger partial charge in [0.05, 0.1) is 11.7 Å². The minimum absolute atomic E-state index is 0.0520. The third-order valence-electron chi connectivity index (χ3n) is 3.05. The second kappa shape index (κ2) is 5.73. The van der Waals surface area contributed by atoms with E-state index in [0.717, 1.165) is 6.07 Å². The van der Waals surface area contributed by atoms with Crippen molar-refractivity contribution in [1.82, 2.24) is 4.90 Å². The highest BCUT2D eigenvalue weighted by molar-refractivity contribution is 6.18. The van der Waals surface area contributed by atoms with Gasteiger partial charge >= 0.3 is 0 Å². The topological polar surface area (TPSA) is 12.5 Å². The van der Waals surface area contributed by atoms with Crippen LogP contribution >= 0.6 is 11.6 Å². The Bertz CT molecular complexity index is 433. The molecule has 1 aromatic rings. The second-order valence-corrected chi connectivity index (χ2v) is 5.91. The van der Waals surface area contributed by atoms with Gasteiger partial charge in [0.15, 0.2) is 0 Å². The SMILES string of the molecule is CC1(C)CN(Cc2cc(F)cc(F)c2)CC(CCl)O1. The van der Waals surface area contributed by atoms with E-state index in [2.05, 4.69) is 4.90 Å². The predicted molar refractivity (Wildman–Crippen MR) is 71.3 cm³/mol. The molecule has 106 valence electrons. The van der Waals surface area contributed by atoms with Crippen LogP contribution in [0.2, 0.25) is 0 Å². The monoisotopic (exact) mass is 289 g/mol. The van der Waals surface area contributed by atoms with Crippen LogP contribution < -0.4 is 0 Å². The van der Waals surface area contributed by atoms with Crippen molar-refractivity contribution in [2.45, 2.75) is 32.1 Å². The molecular weight excluding hydrogens is 272 g/mol. The fourth-order valence-corrected chi connectivity index (χ4v) is 2.74. The maximum atomic E-state index is 13.2. The van der Waals surface area contributed by atoms with Gasteiger partial charge in [0.25, 0.3) is 0 Å². The number of morpholine rings is 1. The number of benzene rings is 1. The van der Waals surface area contributed by atoms with E-state index in [1.165, 1.54) is 12.1 Å². The minimum atomic E-state index is -0.545. The fraction of sp³-hybridized carbons (Fsp3) is 0.571. The predicted octanol–water partition coefficient (Wildman–Crippen LogP) is 3.18. The molecule has 1 heterocycles. The average Bonchev–Trinajstić information content (AvgIpc) is 2.25. The molecule has 1 aliphatic heterocycles. The summed E-state index contributed by atoms with van der Waals surface area (Å²) in [6, 6.07) is 3.61. The zero-order valence-electron chi connectivity index (χ0n) is 11.1. The lowest BCUT2D eigenvalue weighted by Gasteiger charge is -2.42. The van der Waals surface area contributed by atoms with Crippen LogP contribution in [0, 0.1) is 11.6 Å². The van der Waals surface area contributed by atoms with Gasteiger partial charge in [-0.3, -0.25) is 4.90 Å². The molecule has 0 amide bonds. The molecule has 19 heavy (non-hydrogen) atoms. The molecule has 0 bridgehead atoms. The van der Waals surface area contributed by atoms with E-state index >= 15 is 0 Å². The second-order valence-electron chi connectivity index (χ2n) is 5.60. The number of rotatable bonds is 3. The number of hydrogen-bond donors (Lipinski definition) is 0. The summed E-state index contributed by atoms with van der Waals surface area (Å²) in [4.78, 5) is 2.12. The zero-order valence-corrected chi connectivity index (χ0v) is 11.9. The van der Waals surface area contributed by atoms with E-state index in [-0.39, 0.29) is 11.7 Å². The van der Waals surface area contributed by atoms with E-state index in [9.17, 15) is 8.78 Å². The highest BCUT2D eigenvalue weighted by Crippen LogP contribution is 2.23. The minimum Gasteiger partial charge on any atom is -0.368 e. The standard InChI is InChI=1S/C14H18ClF2NO/c1-14(2)9-18(8-13(6-15)19-14)7-10-3-11(16)5-12(17)4-10/h3-5,13H,6-9H2,1-2H3. The molecule has 0 N–H and O–H groups in total. The number of nitrogens with zero attached hydrogens (tertiary/aromatic N) is 1. The van der Waals surface area contributed by atoms with Crippen molar-refractivity contribution in [2.75, 3.05) is 19.0 Å². The van der Waals surface area contributed by atoms with Gasteiger partial charge in [0, 0.05) is 31.6 Å². The molecular formula is C14H18ClF2NO. The number of ether oxygens (including phenoxy) is 1. The van der Waals surface area contributed by atoms with Gasteiger partial charge in [-0.25, -0.2) is 8.78 Å².